The lowest BCUT2D eigenvalue weighted by molar-refractivity contribution is -0.384. The molecule has 33 heavy (non-hydrogen) atoms. The van der Waals surface area contributed by atoms with Crippen molar-refractivity contribution in [3.8, 4) is 5.75 Å². The minimum Gasteiger partial charge on any atom is -0.496 e. The normalized spacial score (nSPS) is 20.3. The number of amides is 2. The van der Waals surface area contributed by atoms with Crippen LogP contribution in [0, 0.1) is 22.0 Å². The smallest absolute Gasteiger partial charge is 0.270 e. The summed E-state index contributed by atoms with van der Waals surface area (Å²) in [7, 11) is 1.53. The highest BCUT2D eigenvalue weighted by molar-refractivity contribution is 8.00. The standard InChI is InChI=1S/C23H21N3O5S2/c1-31-19-9-7-15(26(29)30)10-13(19)12-32-23-24-18-8-6-14(11-20(18)33-23)25-21(27)16-4-2-3-5-17(16)22(25)28/h6-11,16-17H,2-5,12H2,1H3/t16-,17-/m1/s1. The van der Waals surface area contributed by atoms with E-state index in [0.717, 1.165) is 40.2 Å². The van der Waals surface area contributed by atoms with Gasteiger partial charge in [-0.2, -0.15) is 0 Å². The van der Waals surface area contributed by atoms with Crippen LogP contribution in [0.2, 0.25) is 0 Å². The lowest BCUT2D eigenvalue weighted by atomic mass is 9.81. The molecule has 2 heterocycles. The van der Waals surface area contributed by atoms with E-state index < -0.39 is 4.92 Å². The summed E-state index contributed by atoms with van der Waals surface area (Å²) in [6, 6.07) is 10.0. The van der Waals surface area contributed by atoms with E-state index in [1.165, 1.54) is 47.2 Å². The van der Waals surface area contributed by atoms with Gasteiger partial charge in [-0.25, -0.2) is 4.98 Å². The highest BCUT2D eigenvalue weighted by Crippen LogP contribution is 2.41. The summed E-state index contributed by atoms with van der Waals surface area (Å²) >= 11 is 2.93. The number of imide groups is 1. The highest BCUT2D eigenvalue weighted by atomic mass is 32.2. The summed E-state index contributed by atoms with van der Waals surface area (Å²) in [5.41, 5.74) is 2.12. The molecule has 2 atom stereocenters. The minimum absolute atomic E-state index is 0.0147. The van der Waals surface area contributed by atoms with Gasteiger partial charge in [0.15, 0.2) is 4.34 Å². The molecule has 0 bridgehead atoms. The van der Waals surface area contributed by atoms with Gasteiger partial charge >= 0.3 is 0 Å². The maximum absolute atomic E-state index is 12.9. The number of hydrogen-bond acceptors (Lipinski definition) is 8. The van der Waals surface area contributed by atoms with Crippen LogP contribution >= 0.6 is 23.1 Å². The van der Waals surface area contributed by atoms with Gasteiger partial charge in [-0.3, -0.25) is 24.6 Å². The number of ether oxygens (including phenoxy) is 1. The lowest BCUT2D eigenvalue weighted by Gasteiger charge is -2.19. The van der Waals surface area contributed by atoms with Gasteiger partial charge < -0.3 is 4.74 Å². The van der Waals surface area contributed by atoms with Gasteiger partial charge in [0, 0.05) is 23.4 Å². The van der Waals surface area contributed by atoms with E-state index in [-0.39, 0.29) is 29.3 Å². The second-order valence-electron chi connectivity index (χ2n) is 8.18. The van der Waals surface area contributed by atoms with Gasteiger partial charge in [0.25, 0.3) is 5.69 Å². The van der Waals surface area contributed by atoms with E-state index >= 15 is 0 Å². The van der Waals surface area contributed by atoms with Crippen LogP contribution < -0.4 is 9.64 Å². The number of non-ortho nitro benzene ring substituents is 1. The molecule has 2 aromatic carbocycles. The van der Waals surface area contributed by atoms with Gasteiger partial charge in [-0.05, 0) is 37.1 Å². The zero-order valence-corrected chi connectivity index (χ0v) is 19.5. The number of aromatic nitrogens is 1. The average molecular weight is 484 g/mol. The SMILES string of the molecule is COc1ccc([N+](=O)[O-])cc1CSc1nc2ccc(N3C(=O)[C@@H]4CCCC[C@H]4C3=O)cc2s1. The van der Waals surface area contributed by atoms with Crippen molar-refractivity contribution in [3.63, 3.8) is 0 Å². The molecular formula is C23H21N3O5S2. The van der Waals surface area contributed by atoms with E-state index in [0.29, 0.717) is 22.8 Å². The number of nitro groups is 1. The van der Waals surface area contributed by atoms with E-state index in [1.807, 2.05) is 12.1 Å². The first-order valence-corrected chi connectivity index (χ1v) is 12.5. The summed E-state index contributed by atoms with van der Waals surface area (Å²) in [6.45, 7) is 0. The van der Waals surface area contributed by atoms with Crippen LogP contribution in [0.3, 0.4) is 0 Å². The number of nitro benzene ring substituents is 1. The molecule has 3 aromatic rings. The fourth-order valence-corrected chi connectivity index (χ4v) is 6.72. The maximum Gasteiger partial charge on any atom is 0.270 e. The third kappa shape index (κ3) is 3.97. The first-order valence-electron chi connectivity index (χ1n) is 10.7. The number of nitrogens with zero attached hydrogens (tertiary/aromatic N) is 3. The Hall–Kier alpha value is -2.98. The van der Waals surface area contributed by atoms with Crippen molar-refractivity contribution in [2.24, 2.45) is 11.8 Å². The lowest BCUT2D eigenvalue weighted by Crippen LogP contribution is -2.30. The molecule has 170 valence electrons. The molecule has 0 spiro atoms. The Kier molecular flexibility index (Phi) is 5.79. The first-order chi connectivity index (χ1) is 16.0. The van der Waals surface area contributed by atoms with E-state index in [1.54, 1.807) is 12.1 Å². The predicted molar refractivity (Wildman–Crippen MR) is 127 cm³/mol. The molecule has 2 amide bonds. The Morgan fingerprint density at radius 2 is 1.88 bits per heavy atom. The van der Waals surface area contributed by atoms with E-state index in [4.69, 9.17) is 4.74 Å². The number of anilines is 1. The molecule has 8 nitrogen and oxygen atoms in total. The average Bonchev–Trinajstić information content (AvgIpc) is 3.35. The van der Waals surface area contributed by atoms with Crippen molar-refractivity contribution in [2.45, 2.75) is 35.8 Å². The molecule has 10 heteroatoms. The van der Waals surface area contributed by atoms with Crippen LogP contribution in [0.5, 0.6) is 5.75 Å². The number of methoxy groups -OCH3 is 1. The number of hydrogen-bond donors (Lipinski definition) is 0. The molecule has 0 N–H and O–H groups in total. The molecule has 2 aliphatic rings. The molecule has 1 saturated carbocycles. The van der Waals surface area contributed by atoms with Crippen molar-refractivity contribution in [1.29, 1.82) is 0 Å². The largest absolute Gasteiger partial charge is 0.496 e. The maximum atomic E-state index is 12.9. The molecule has 1 aliphatic heterocycles. The van der Waals surface area contributed by atoms with Crippen molar-refractivity contribution in [3.05, 3.63) is 52.1 Å². The van der Waals surface area contributed by atoms with Gasteiger partial charge in [0.2, 0.25) is 11.8 Å². The second-order valence-corrected chi connectivity index (χ2v) is 10.4. The topological polar surface area (TPSA) is 103 Å². The monoisotopic (exact) mass is 483 g/mol. The van der Waals surface area contributed by atoms with Crippen molar-refractivity contribution < 1.29 is 19.2 Å². The number of thioether (sulfide) groups is 1. The molecule has 1 aromatic heterocycles. The summed E-state index contributed by atoms with van der Waals surface area (Å²) in [4.78, 5) is 42.5. The summed E-state index contributed by atoms with van der Waals surface area (Å²) < 4.78 is 7.02. The van der Waals surface area contributed by atoms with Crippen LogP contribution in [0.15, 0.2) is 40.7 Å². The first kappa shape index (κ1) is 21.8. The van der Waals surface area contributed by atoms with Gasteiger partial charge in [-0.1, -0.05) is 24.6 Å². The van der Waals surface area contributed by atoms with Gasteiger partial charge in [-0.15, -0.1) is 11.3 Å². The number of fused-ring (bicyclic) bond motifs is 2. The van der Waals surface area contributed by atoms with Crippen LogP contribution in [-0.4, -0.2) is 28.8 Å². The van der Waals surface area contributed by atoms with Gasteiger partial charge in [0.1, 0.15) is 5.75 Å². The quantitative estimate of drug-likeness (QED) is 0.206. The fourth-order valence-electron chi connectivity index (χ4n) is 4.64. The second kappa shape index (κ2) is 8.75. The Labute approximate surface area is 198 Å². The summed E-state index contributed by atoms with van der Waals surface area (Å²) in [6.07, 6.45) is 3.57. The molecule has 1 aliphatic carbocycles. The van der Waals surface area contributed by atoms with Crippen molar-refractivity contribution in [1.82, 2.24) is 4.98 Å². The Balaban J connectivity index is 1.37. The predicted octanol–water partition coefficient (Wildman–Crippen LogP) is 5.19. The number of benzene rings is 2. The molecule has 1 saturated heterocycles. The van der Waals surface area contributed by atoms with Crippen molar-refractivity contribution >= 4 is 56.5 Å². The molecule has 0 unspecified atom stereocenters. The molecular weight excluding hydrogens is 462 g/mol. The van der Waals surface area contributed by atoms with E-state index in [2.05, 4.69) is 4.98 Å². The Bertz CT molecular complexity index is 1250. The number of thiazole rings is 1. The van der Waals surface area contributed by atoms with E-state index in [9.17, 15) is 19.7 Å². The van der Waals surface area contributed by atoms with Crippen LogP contribution in [-0.2, 0) is 15.3 Å². The highest BCUT2D eigenvalue weighted by Gasteiger charge is 2.48. The van der Waals surface area contributed by atoms with Crippen LogP contribution in [0.4, 0.5) is 11.4 Å². The van der Waals surface area contributed by atoms with Gasteiger partial charge in [0.05, 0.1) is 39.8 Å². The Morgan fingerprint density at radius 1 is 1.15 bits per heavy atom. The summed E-state index contributed by atoms with van der Waals surface area (Å²) in [5, 5.41) is 11.1. The zero-order chi connectivity index (χ0) is 23.1. The number of carbonyl (C=O) groups is 2. The third-order valence-corrected chi connectivity index (χ3v) is 8.49. The number of rotatable bonds is 6. The summed E-state index contributed by atoms with van der Waals surface area (Å²) in [5.74, 6) is 0.522. The fraction of sp³-hybridized carbons (Fsp3) is 0.348. The molecule has 5 rings (SSSR count). The Morgan fingerprint density at radius 3 is 2.55 bits per heavy atom. The van der Waals surface area contributed by atoms with Crippen LogP contribution in [0.1, 0.15) is 31.2 Å². The van der Waals surface area contributed by atoms with Crippen molar-refractivity contribution in [2.75, 3.05) is 12.0 Å². The minimum atomic E-state index is -0.427. The third-order valence-electron chi connectivity index (χ3n) is 6.28. The molecule has 2 fully saturated rings. The zero-order valence-electron chi connectivity index (χ0n) is 17.9. The van der Waals surface area contributed by atoms with Crippen LogP contribution in [0.25, 0.3) is 10.2 Å². The molecule has 0 radical (unpaired) electrons. The number of carbonyl (C=O) groups excluding carboxylic acids is 2.